The maximum atomic E-state index is 13.8. The minimum atomic E-state index is -0.953. The molecule has 1 aromatic carbocycles. The average Bonchev–Trinajstić information content (AvgIpc) is 3.07. The zero-order chi connectivity index (χ0) is 24.4. The highest BCUT2D eigenvalue weighted by Crippen LogP contribution is 2.45. The Labute approximate surface area is 199 Å². The number of hydrogen-bond acceptors (Lipinski definition) is 6. The lowest BCUT2D eigenvalue weighted by molar-refractivity contribution is -0.151. The average molecular weight is 470 g/mol. The summed E-state index contributed by atoms with van der Waals surface area (Å²) in [6.07, 6.45) is 6.24. The van der Waals surface area contributed by atoms with E-state index in [0.717, 1.165) is 38.5 Å². The van der Waals surface area contributed by atoms with Crippen LogP contribution in [-0.4, -0.2) is 30.9 Å². The van der Waals surface area contributed by atoms with Gasteiger partial charge in [-0.15, -0.1) is 0 Å². The Bertz CT molecular complexity index is 1030. The number of ketones is 1. The van der Waals surface area contributed by atoms with Crippen LogP contribution >= 0.6 is 0 Å². The van der Waals surface area contributed by atoms with Crippen LogP contribution in [0.25, 0.3) is 0 Å². The van der Waals surface area contributed by atoms with Gasteiger partial charge in [-0.1, -0.05) is 31.9 Å². The van der Waals surface area contributed by atoms with Crippen molar-refractivity contribution in [2.75, 3.05) is 7.11 Å². The molecule has 0 radical (unpaired) electrons. The van der Waals surface area contributed by atoms with E-state index in [1.807, 2.05) is 6.92 Å². The third kappa shape index (κ3) is 4.65. The van der Waals surface area contributed by atoms with Gasteiger partial charge in [-0.25, -0.2) is 9.18 Å². The maximum absolute atomic E-state index is 13.8. The maximum Gasteiger partial charge on any atom is 0.337 e. The number of methoxy groups -OCH3 is 1. The lowest BCUT2D eigenvalue weighted by Crippen LogP contribution is -2.43. The zero-order valence-corrected chi connectivity index (χ0v) is 20.0. The highest BCUT2D eigenvalue weighted by Gasteiger charge is 2.47. The molecule has 34 heavy (non-hydrogen) atoms. The third-order valence-corrected chi connectivity index (χ3v) is 7.24. The van der Waals surface area contributed by atoms with Crippen LogP contribution in [0.4, 0.5) is 4.39 Å². The number of ether oxygens (including phenoxy) is 2. The van der Waals surface area contributed by atoms with Gasteiger partial charge in [-0.05, 0) is 62.6 Å². The summed E-state index contributed by atoms with van der Waals surface area (Å²) in [6, 6.07) is 5.80. The van der Waals surface area contributed by atoms with Crippen LogP contribution in [0.5, 0.6) is 0 Å². The van der Waals surface area contributed by atoms with Crippen LogP contribution < -0.4 is 5.32 Å². The molecule has 3 atom stereocenters. The second-order valence-corrected chi connectivity index (χ2v) is 9.61. The second kappa shape index (κ2) is 10.1. The number of nitrogens with one attached hydrogen (secondary N) is 1. The number of rotatable bonds is 4. The third-order valence-electron chi connectivity index (χ3n) is 7.24. The Morgan fingerprint density at radius 3 is 2.32 bits per heavy atom. The van der Waals surface area contributed by atoms with Gasteiger partial charge < -0.3 is 14.8 Å². The zero-order valence-electron chi connectivity index (χ0n) is 20.0. The summed E-state index contributed by atoms with van der Waals surface area (Å²) in [7, 11) is 1.27. The Balaban J connectivity index is 1.76. The monoisotopic (exact) mass is 469 g/mol. The number of halogens is 1. The Kier molecular flexibility index (Phi) is 7.19. The summed E-state index contributed by atoms with van der Waals surface area (Å²) in [6.45, 7) is 3.64. The molecule has 0 unspecified atom stereocenters. The molecule has 0 spiro atoms. The van der Waals surface area contributed by atoms with Crippen LogP contribution in [0.2, 0.25) is 0 Å². The number of hydrogen-bond donors (Lipinski definition) is 1. The highest BCUT2D eigenvalue weighted by molar-refractivity contribution is 6.12. The predicted octanol–water partition coefficient (Wildman–Crippen LogP) is 4.70. The molecule has 0 bridgehead atoms. The van der Waals surface area contributed by atoms with Crippen molar-refractivity contribution in [1.29, 1.82) is 0 Å². The first-order valence-corrected chi connectivity index (χ1v) is 12.1. The number of carbonyl (C=O) groups is 3. The van der Waals surface area contributed by atoms with Gasteiger partial charge in [-0.2, -0.15) is 0 Å². The van der Waals surface area contributed by atoms with Gasteiger partial charge in [0.2, 0.25) is 0 Å². The lowest BCUT2D eigenvalue weighted by atomic mass is 9.69. The number of carbonyl (C=O) groups excluding carboxylic acids is 3. The molecule has 1 aromatic rings. The van der Waals surface area contributed by atoms with Crippen molar-refractivity contribution >= 4 is 17.7 Å². The number of esters is 2. The highest BCUT2D eigenvalue weighted by atomic mass is 19.1. The van der Waals surface area contributed by atoms with Crippen molar-refractivity contribution in [3.05, 3.63) is 58.2 Å². The molecule has 1 aliphatic heterocycles. The Morgan fingerprint density at radius 2 is 1.71 bits per heavy atom. The number of allylic oxidation sites excluding steroid dienone is 3. The van der Waals surface area contributed by atoms with Gasteiger partial charge in [-0.3, -0.25) is 9.59 Å². The summed E-state index contributed by atoms with van der Waals surface area (Å²) >= 11 is 0. The summed E-state index contributed by atoms with van der Waals surface area (Å²) in [4.78, 5) is 39.7. The molecule has 0 saturated heterocycles. The standard InChI is InChI=1S/C27H32FNO5/c1-15-14-20-24(25(30)21(15)26(31)33-3)23(17-10-12-18(28)13-11-17)22(16(2)29-20)27(32)34-19-8-6-4-5-7-9-19/h10-13,15,19,21,23,29H,4-9,14H2,1-3H3/t15-,21+,23-/m0/s1. The van der Waals surface area contributed by atoms with Crippen molar-refractivity contribution in [2.45, 2.75) is 70.8 Å². The number of benzene rings is 1. The van der Waals surface area contributed by atoms with Crippen LogP contribution in [-0.2, 0) is 23.9 Å². The molecule has 1 fully saturated rings. The van der Waals surface area contributed by atoms with Crippen LogP contribution in [0, 0.1) is 17.7 Å². The molecule has 182 valence electrons. The molecule has 3 aliphatic rings. The van der Waals surface area contributed by atoms with Crippen molar-refractivity contribution in [3.63, 3.8) is 0 Å². The van der Waals surface area contributed by atoms with Crippen LogP contribution in [0.3, 0.4) is 0 Å². The largest absolute Gasteiger partial charge is 0.468 e. The van der Waals surface area contributed by atoms with E-state index in [-0.39, 0.29) is 17.8 Å². The molecule has 0 amide bonds. The quantitative estimate of drug-likeness (QED) is 0.391. The first-order valence-electron chi connectivity index (χ1n) is 12.1. The van der Waals surface area contributed by atoms with E-state index in [1.54, 1.807) is 19.1 Å². The van der Waals surface area contributed by atoms with E-state index >= 15 is 0 Å². The molecule has 6 nitrogen and oxygen atoms in total. The van der Waals surface area contributed by atoms with Gasteiger partial charge in [0.1, 0.15) is 17.8 Å². The van der Waals surface area contributed by atoms with E-state index in [1.165, 1.54) is 19.2 Å². The molecule has 1 heterocycles. The fourth-order valence-corrected chi connectivity index (χ4v) is 5.51. The van der Waals surface area contributed by atoms with Crippen molar-refractivity contribution in [3.8, 4) is 0 Å². The Morgan fingerprint density at radius 1 is 1.06 bits per heavy atom. The van der Waals surface area contributed by atoms with Crippen molar-refractivity contribution in [2.24, 2.45) is 11.8 Å². The minimum absolute atomic E-state index is 0.163. The SMILES string of the molecule is COC(=O)[C@H]1C(=O)C2=C(C[C@@H]1C)NC(C)=C(C(=O)OC1CCCCCC1)[C@@H]2c1ccc(F)cc1. The number of dihydropyridines is 1. The molecular formula is C27H32FNO5. The Hall–Kier alpha value is -2.96. The summed E-state index contributed by atoms with van der Waals surface area (Å²) < 4.78 is 24.6. The summed E-state index contributed by atoms with van der Waals surface area (Å²) in [5, 5.41) is 3.26. The topological polar surface area (TPSA) is 81.7 Å². The van der Waals surface area contributed by atoms with Gasteiger partial charge in [0.05, 0.1) is 12.7 Å². The first-order chi connectivity index (χ1) is 16.3. The van der Waals surface area contributed by atoms with E-state index in [0.29, 0.717) is 34.5 Å². The van der Waals surface area contributed by atoms with Crippen LogP contribution in [0.1, 0.15) is 70.3 Å². The molecule has 4 rings (SSSR count). The smallest absolute Gasteiger partial charge is 0.337 e. The fourth-order valence-electron chi connectivity index (χ4n) is 5.51. The summed E-state index contributed by atoms with van der Waals surface area (Å²) in [5.41, 5.74) is 2.60. The number of Topliss-reactive ketones (excluding diaryl/α,β-unsaturated/α-hetero) is 1. The molecule has 7 heteroatoms. The van der Waals surface area contributed by atoms with Gasteiger partial charge in [0.15, 0.2) is 5.78 Å². The molecule has 2 aliphatic carbocycles. The normalized spacial score (nSPS) is 25.9. The molecule has 1 saturated carbocycles. The molecule has 0 aromatic heterocycles. The lowest BCUT2D eigenvalue weighted by Gasteiger charge is -2.38. The van der Waals surface area contributed by atoms with E-state index in [4.69, 9.17) is 9.47 Å². The molecule has 1 N–H and O–H groups in total. The van der Waals surface area contributed by atoms with Gasteiger partial charge in [0.25, 0.3) is 0 Å². The first kappa shape index (κ1) is 24.2. The second-order valence-electron chi connectivity index (χ2n) is 9.61. The van der Waals surface area contributed by atoms with Crippen molar-refractivity contribution < 1.29 is 28.2 Å². The predicted molar refractivity (Wildman–Crippen MR) is 124 cm³/mol. The fraction of sp³-hybridized carbons (Fsp3) is 0.519. The van der Waals surface area contributed by atoms with Gasteiger partial charge in [0, 0.05) is 22.9 Å². The summed E-state index contributed by atoms with van der Waals surface area (Å²) in [5.74, 6) is -3.80. The minimum Gasteiger partial charge on any atom is -0.468 e. The van der Waals surface area contributed by atoms with Gasteiger partial charge >= 0.3 is 11.9 Å². The van der Waals surface area contributed by atoms with Crippen molar-refractivity contribution in [1.82, 2.24) is 5.32 Å². The van der Waals surface area contributed by atoms with E-state index in [9.17, 15) is 18.8 Å². The molecular weight excluding hydrogens is 437 g/mol. The van der Waals surface area contributed by atoms with Crippen LogP contribution in [0.15, 0.2) is 46.8 Å². The van der Waals surface area contributed by atoms with E-state index in [2.05, 4.69) is 5.32 Å². The van der Waals surface area contributed by atoms with E-state index < -0.39 is 29.6 Å².